The van der Waals surface area contributed by atoms with Gasteiger partial charge < -0.3 is 10.2 Å². The first-order valence-electron chi connectivity index (χ1n) is 10.1. The Bertz CT molecular complexity index is 1010. The number of halogens is 1. The number of benzene rings is 3. The van der Waals surface area contributed by atoms with Crippen LogP contribution in [-0.4, -0.2) is 26.4 Å². The number of hydrogen-bond acceptors (Lipinski definition) is 2. The average molecular weight is 473 g/mol. The van der Waals surface area contributed by atoms with Gasteiger partial charge in [0, 0.05) is 15.6 Å². The summed E-state index contributed by atoms with van der Waals surface area (Å²) >= 11 is 6.35. The van der Waals surface area contributed by atoms with Gasteiger partial charge in [-0.1, -0.05) is 99.4 Å². The molecule has 0 fully saturated rings. The van der Waals surface area contributed by atoms with Gasteiger partial charge in [0.05, 0.1) is 16.1 Å². The molecular formula is C24H30ClO2PSi2. The zero-order valence-electron chi connectivity index (χ0n) is 18.5. The van der Waals surface area contributed by atoms with E-state index >= 15 is 0 Å². The molecule has 3 aromatic rings. The van der Waals surface area contributed by atoms with Crippen LogP contribution < -0.4 is 26.3 Å². The predicted octanol–water partition coefficient (Wildman–Crippen LogP) is 4.60. The van der Waals surface area contributed by atoms with Crippen molar-refractivity contribution in [3.63, 3.8) is 0 Å². The predicted molar refractivity (Wildman–Crippen MR) is 139 cm³/mol. The summed E-state index contributed by atoms with van der Waals surface area (Å²) in [5.41, 5.74) is 0. The van der Waals surface area contributed by atoms with Crippen molar-refractivity contribution < 1.29 is 10.2 Å². The molecule has 0 bridgehead atoms. The van der Waals surface area contributed by atoms with E-state index in [9.17, 15) is 10.2 Å². The number of phenols is 2. The van der Waals surface area contributed by atoms with Gasteiger partial charge in [-0.15, -0.1) is 0 Å². The van der Waals surface area contributed by atoms with Crippen LogP contribution in [0.25, 0.3) is 0 Å². The molecular weight excluding hydrogens is 443 g/mol. The van der Waals surface area contributed by atoms with Crippen LogP contribution in [0.5, 0.6) is 11.5 Å². The minimum atomic E-state index is -1.74. The SMILES string of the molecule is C[Si](C)(C)c1cccc(P(c2cccc(Cl)c2)c2cccc([Si](C)(C)C)c2O)c1O. The molecule has 2 N–H and O–H groups in total. The Labute approximate surface area is 188 Å². The van der Waals surface area contributed by atoms with E-state index < -0.39 is 24.1 Å². The van der Waals surface area contributed by atoms with Crippen molar-refractivity contribution in [2.45, 2.75) is 39.3 Å². The maximum absolute atomic E-state index is 11.4. The third kappa shape index (κ3) is 4.67. The molecule has 0 heterocycles. The van der Waals surface area contributed by atoms with Crippen LogP contribution in [0.1, 0.15) is 0 Å². The Hall–Kier alpha value is -1.59. The summed E-state index contributed by atoms with van der Waals surface area (Å²) in [5, 5.41) is 28.2. The molecule has 0 aliphatic rings. The molecule has 0 radical (unpaired) electrons. The van der Waals surface area contributed by atoms with Gasteiger partial charge >= 0.3 is 0 Å². The van der Waals surface area contributed by atoms with Crippen molar-refractivity contribution >= 4 is 62.0 Å². The van der Waals surface area contributed by atoms with Crippen molar-refractivity contribution in [1.29, 1.82) is 0 Å². The van der Waals surface area contributed by atoms with Gasteiger partial charge in [-0.05, 0) is 35.7 Å². The van der Waals surface area contributed by atoms with Crippen molar-refractivity contribution in [2.24, 2.45) is 0 Å². The van der Waals surface area contributed by atoms with E-state index in [1.807, 2.05) is 60.7 Å². The first-order valence-corrected chi connectivity index (χ1v) is 18.8. The lowest BCUT2D eigenvalue weighted by atomic mass is 10.3. The van der Waals surface area contributed by atoms with E-state index in [1.165, 1.54) is 0 Å². The van der Waals surface area contributed by atoms with Crippen LogP contribution in [0, 0.1) is 0 Å². The maximum atomic E-state index is 11.4. The largest absolute Gasteiger partial charge is 0.507 e. The Kier molecular flexibility index (Phi) is 6.55. The molecule has 0 saturated carbocycles. The fraction of sp³-hybridized carbons (Fsp3) is 0.250. The van der Waals surface area contributed by atoms with Gasteiger partial charge in [-0.2, -0.15) is 0 Å². The van der Waals surface area contributed by atoms with E-state index in [1.54, 1.807) is 0 Å². The molecule has 3 rings (SSSR count). The van der Waals surface area contributed by atoms with Gasteiger partial charge in [0.1, 0.15) is 11.5 Å². The standard InChI is InChI=1S/C24H30ClO2PSi2/c1-29(2,3)21-14-8-12-19(23(21)26)28(18-11-7-10-17(25)16-18)20-13-9-15-22(24(20)27)30(4,5)6/h7-16,26-27H,1-6H3. The van der Waals surface area contributed by atoms with Gasteiger partial charge in [0.2, 0.25) is 0 Å². The van der Waals surface area contributed by atoms with Gasteiger partial charge in [-0.3, -0.25) is 0 Å². The molecule has 0 saturated heterocycles. The third-order valence-electron chi connectivity index (χ3n) is 5.19. The summed E-state index contributed by atoms with van der Waals surface area (Å²) in [5.74, 6) is 0.723. The van der Waals surface area contributed by atoms with E-state index in [2.05, 4.69) is 39.3 Å². The quantitative estimate of drug-likeness (QED) is 0.421. The molecule has 0 aliphatic carbocycles. The van der Waals surface area contributed by atoms with Crippen LogP contribution in [0.2, 0.25) is 44.3 Å². The highest BCUT2D eigenvalue weighted by atomic mass is 35.5. The van der Waals surface area contributed by atoms with Crippen LogP contribution in [0.15, 0.2) is 60.7 Å². The normalized spacial score (nSPS) is 12.4. The highest BCUT2D eigenvalue weighted by Crippen LogP contribution is 2.39. The maximum Gasteiger partial charge on any atom is 0.123 e. The highest BCUT2D eigenvalue weighted by molar-refractivity contribution is 7.80. The summed E-state index contributed by atoms with van der Waals surface area (Å²) in [4.78, 5) is 0. The minimum absolute atomic E-state index is 0.362. The number of para-hydroxylation sites is 2. The van der Waals surface area contributed by atoms with Crippen molar-refractivity contribution in [3.05, 3.63) is 65.7 Å². The highest BCUT2D eigenvalue weighted by Gasteiger charge is 2.30. The summed E-state index contributed by atoms with van der Waals surface area (Å²) in [7, 11) is -4.66. The molecule has 158 valence electrons. The molecule has 0 aliphatic heterocycles. The van der Waals surface area contributed by atoms with Crippen LogP contribution in [-0.2, 0) is 0 Å². The fourth-order valence-corrected chi connectivity index (χ4v) is 9.47. The van der Waals surface area contributed by atoms with E-state index in [0.29, 0.717) is 16.5 Å². The zero-order valence-corrected chi connectivity index (χ0v) is 22.1. The minimum Gasteiger partial charge on any atom is -0.507 e. The molecule has 2 nitrogen and oxygen atoms in total. The summed E-state index contributed by atoms with van der Waals surface area (Å²) in [6.45, 7) is 13.4. The number of aromatic hydroxyl groups is 2. The summed E-state index contributed by atoms with van der Waals surface area (Å²) < 4.78 is 0. The molecule has 6 heteroatoms. The lowest BCUT2D eigenvalue weighted by Gasteiger charge is -2.27. The second-order valence-electron chi connectivity index (χ2n) is 9.66. The van der Waals surface area contributed by atoms with Gasteiger partial charge in [-0.25, -0.2) is 0 Å². The molecule has 0 amide bonds. The monoisotopic (exact) mass is 472 g/mol. The first-order chi connectivity index (χ1) is 13.9. The molecule has 0 unspecified atom stereocenters. The molecule has 0 aromatic heterocycles. The molecule has 0 atom stereocenters. The lowest BCUT2D eigenvalue weighted by Crippen LogP contribution is -2.41. The Morgan fingerprint density at radius 2 is 1.10 bits per heavy atom. The molecule has 3 aromatic carbocycles. The summed E-state index contributed by atoms with van der Waals surface area (Å²) in [6.07, 6.45) is 0. The van der Waals surface area contributed by atoms with Crippen molar-refractivity contribution in [2.75, 3.05) is 0 Å². The van der Waals surface area contributed by atoms with E-state index in [4.69, 9.17) is 11.6 Å². The van der Waals surface area contributed by atoms with E-state index in [0.717, 1.165) is 26.3 Å². The third-order valence-corrected chi connectivity index (χ3v) is 11.9. The van der Waals surface area contributed by atoms with E-state index in [-0.39, 0.29) is 0 Å². The zero-order chi connectivity index (χ0) is 22.3. The van der Waals surface area contributed by atoms with Gasteiger partial charge in [0.25, 0.3) is 0 Å². The fourth-order valence-electron chi connectivity index (χ4n) is 3.66. The molecule has 0 spiro atoms. The topological polar surface area (TPSA) is 40.5 Å². The summed E-state index contributed by atoms with van der Waals surface area (Å²) in [6, 6.07) is 19.9. The number of phenolic OH excluding ortho intramolecular Hbond substituents is 2. The van der Waals surface area contributed by atoms with Crippen LogP contribution >= 0.6 is 19.5 Å². The first kappa shape index (κ1) is 23.1. The second kappa shape index (κ2) is 8.51. The number of rotatable bonds is 5. The Morgan fingerprint density at radius 1 is 0.667 bits per heavy atom. The second-order valence-corrected chi connectivity index (χ2v) is 22.3. The molecule has 30 heavy (non-hydrogen) atoms. The number of hydrogen-bond donors (Lipinski definition) is 2. The van der Waals surface area contributed by atoms with Crippen LogP contribution in [0.3, 0.4) is 0 Å². The average Bonchev–Trinajstić information content (AvgIpc) is 2.63. The van der Waals surface area contributed by atoms with Crippen molar-refractivity contribution in [3.8, 4) is 11.5 Å². The smallest absolute Gasteiger partial charge is 0.123 e. The Balaban J connectivity index is 2.34. The van der Waals surface area contributed by atoms with Crippen LogP contribution in [0.4, 0.5) is 0 Å². The Morgan fingerprint density at radius 3 is 1.50 bits per heavy atom. The van der Waals surface area contributed by atoms with Crippen molar-refractivity contribution in [1.82, 2.24) is 0 Å². The van der Waals surface area contributed by atoms with Gasteiger partial charge in [0.15, 0.2) is 0 Å². The lowest BCUT2D eigenvalue weighted by molar-refractivity contribution is 0.483.